The van der Waals surface area contributed by atoms with Crippen molar-refractivity contribution < 1.29 is 9.90 Å². The molecule has 0 radical (unpaired) electrons. The van der Waals surface area contributed by atoms with Gasteiger partial charge < -0.3 is 16.2 Å². The van der Waals surface area contributed by atoms with Crippen LogP contribution in [0.1, 0.15) is 25.7 Å². The molecule has 0 saturated heterocycles. The van der Waals surface area contributed by atoms with Crippen LogP contribution in [0.4, 0.5) is 0 Å². The van der Waals surface area contributed by atoms with Crippen molar-refractivity contribution in [2.75, 3.05) is 13.2 Å². The number of carbonyl (C=O) groups is 1. The first-order valence-electron chi connectivity index (χ1n) is 4.88. The fourth-order valence-electron chi connectivity index (χ4n) is 1.88. The lowest BCUT2D eigenvalue weighted by molar-refractivity contribution is -0.121. The Labute approximate surface area is 78.5 Å². The number of amides is 1. The lowest BCUT2D eigenvalue weighted by Crippen LogP contribution is -2.45. The highest BCUT2D eigenvalue weighted by Crippen LogP contribution is 2.23. The van der Waals surface area contributed by atoms with Gasteiger partial charge in [0, 0.05) is 18.6 Å². The molecule has 1 fully saturated rings. The Morgan fingerprint density at radius 3 is 2.77 bits per heavy atom. The molecule has 2 atom stereocenters. The number of nitrogens with two attached hydrogens (primary N) is 1. The van der Waals surface area contributed by atoms with Gasteiger partial charge in [-0.15, -0.1) is 0 Å². The smallest absolute Gasteiger partial charge is 0.233 e. The van der Waals surface area contributed by atoms with Crippen LogP contribution in [-0.2, 0) is 4.79 Å². The van der Waals surface area contributed by atoms with Crippen LogP contribution in [0, 0.1) is 5.92 Å². The predicted octanol–water partition coefficient (Wildman–Crippen LogP) is -0.388. The van der Waals surface area contributed by atoms with Crippen molar-refractivity contribution in [3.05, 3.63) is 0 Å². The molecule has 4 nitrogen and oxygen atoms in total. The van der Waals surface area contributed by atoms with Gasteiger partial charge in [0.25, 0.3) is 0 Å². The third-order valence-electron chi connectivity index (χ3n) is 2.68. The molecule has 4 heteroatoms. The van der Waals surface area contributed by atoms with E-state index in [0.29, 0.717) is 0 Å². The second-order valence-electron chi connectivity index (χ2n) is 3.61. The van der Waals surface area contributed by atoms with Gasteiger partial charge in [-0.1, -0.05) is 12.8 Å². The maximum Gasteiger partial charge on any atom is 0.233 e. The summed E-state index contributed by atoms with van der Waals surface area (Å²) in [5.74, 6) is 0.106. The first-order valence-corrected chi connectivity index (χ1v) is 4.88. The average molecular weight is 186 g/mol. The van der Waals surface area contributed by atoms with Gasteiger partial charge in [-0.3, -0.25) is 4.79 Å². The number of nitrogens with one attached hydrogen (secondary N) is 1. The molecule has 2 unspecified atom stereocenters. The van der Waals surface area contributed by atoms with Gasteiger partial charge in [0.2, 0.25) is 5.91 Å². The van der Waals surface area contributed by atoms with Crippen molar-refractivity contribution in [3.63, 3.8) is 0 Å². The summed E-state index contributed by atoms with van der Waals surface area (Å²) < 4.78 is 0. The minimum absolute atomic E-state index is 0.0364. The minimum Gasteiger partial charge on any atom is -0.396 e. The molecule has 4 N–H and O–H groups in total. The van der Waals surface area contributed by atoms with Gasteiger partial charge in [0.1, 0.15) is 0 Å². The highest BCUT2D eigenvalue weighted by molar-refractivity contribution is 5.78. The zero-order valence-electron chi connectivity index (χ0n) is 7.83. The largest absolute Gasteiger partial charge is 0.396 e. The molecule has 1 aliphatic rings. The van der Waals surface area contributed by atoms with Gasteiger partial charge in [-0.2, -0.15) is 0 Å². The maximum atomic E-state index is 11.0. The first kappa shape index (κ1) is 10.5. The Morgan fingerprint density at radius 2 is 2.15 bits per heavy atom. The molecule has 0 aromatic carbocycles. The van der Waals surface area contributed by atoms with Gasteiger partial charge in [0.05, 0.1) is 6.54 Å². The van der Waals surface area contributed by atoms with E-state index in [2.05, 4.69) is 5.32 Å². The molecule has 1 aliphatic carbocycles. The maximum absolute atomic E-state index is 11.0. The number of carbonyl (C=O) groups excluding carboxylic acids is 1. The average Bonchev–Trinajstić information content (AvgIpc) is 2.18. The van der Waals surface area contributed by atoms with Crippen molar-refractivity contribution in [1.29, 1.82) is 0 Å². The molecule has 0 aromatic heterocycles. The van der Waals surface area contributed by atoms with Crippen molar-refractivity contribution in [3.8, 4) is 0 Å². The molecule has 1 saturated carbocycles. The van der Waals surface area contributed by atoms with Crippen molar-refractivity contribution in [2.24, 2.45) is 11.7 Å². The van der Waals surface area contributed by atoms with Crippen molar-refractivity contribution >= 4 is 5.91 Å². The first-order chi connectivity index (χ1) is 6.27. The SMILES string of the molecule is NCC(=O)NC1CCCCC1CO. The number of hydrogen-bond donors (Lipinski definition) is 3. The fourth-order valence-corrected chi connectivity index (χ4v) is 1.88. The van der Waals surface area contributed by atoms with Crippen LogP contribution in [0.5, 0.6) is 0 Å². The Hall–Kier alpha value is -0.610. The molecule has 76 valence electrons. The topological polar surface area (TPSA) is 75.4 Å². The fraction of sp³-hybridized carbons (Fsp3) is 0.889. The molecule has 0 heterocycles. The van der Waals surface area contributed by atoms with E-state index in [9.17, 15) is 4.79 Å². The summed E-state index contributed by atoms with van der Waals surface area (Å²) >= 11 is 0. The van der Waals surface area contributed by atoms with Crippen molar-refractivity contribution in [1.82, 2.24) is 5.32 Å². The highest BCUT2D eigenvalue weighted by atomic mass is 16.3. The van der Waals surface area contributed by atoms with Gasteiger partial charge in [0.15, 0.2) is 0 Å². The Balaban J connectivity index is 2.40. The number of aliphatic hydroxyl groups excluding tert-OH is 1. The van der Waals surface area contributed by atoms with E-state index >= 15 is 0 Å². The molecule has 13 heavy (non-hydrogen) atoms. The van der Waals surface area contributed by atoms with Gasteiger partial charge in [-0.05, 0) is 12.8 Å². The summed E-state index contributed by atoms with van der Waals surface area (Å²) in [7, 11) is 0. The second kappa shape index (κ2) is 5.19. The van der Waals surface area contributed by atoms with Gasteiger partial charge in [-0.25, -0.2) is 0 Å². The van der Waals surface area contributed by atoms with Gasteiger partial charge >= 0.3 is 0 Å². The lowest BCUT2D eigenvalue weighted by atomic mass is 9.85. The summed E-state index contributed by atoms with van der Waals surface area (Å²) in [6, 6.07) is 0.134. The lowest BCUT2D eigenvalue weighted by Gasteiger charge is -2.30. The van der Waals surface area contributed by atoms with E-state index in [-0.39, 0.29) is 31.0 Å². The van der Waals surface area contributed by atoms with E-state index < -0.39 is 0 Å². The van der Waals surface area contributed by atoms with Crippen LogP contribution in [0.15, 0.2) is 0 Å². The Bertz CT molecular complexity index is 173. The summed E-state index contributed by atoms with van der Waals surface area (Å²) in [5, 5.41) is 11.9. The molecular formula is C9H18N2O2. The van der Waals surface area contributed by atoms with Crippen LogP contribution in [0.3, 0.4) is 0 Å². The third kappa shape index (κ3) is 2.97. The van der Waals surface area contributed by atoms with E-state index in [0.717, 1.165) is 25.7 Å². The molecule has 0 aromatic rings. The van der Waals surface area contributed by atoms with Crippen LogP contribution >= 0.6 is 0 Å². The summed E-state index contributed by atoms with van der Waals surface area (Å²) in [6.45, 7) is 0.199. The molecular weight excluding hydrogens is 168 g/mol. The Kier molecular flexibility index (Phi) is 4.18. The van der Waals surface area contributed by atoms with Crippen LogP contribution in [-0.4, -0.2) is 30.2 Å². The highest BCUT2D eigenvalue weighted by Gasteiger charge is 2.25. The molecule has 0 aliphatic heterocycles. The minimum atomic E-state index is -0.120. The van der Waals surface area contributed by atoms with Crippen LogP contribution in [0.2, 0.25) is 0 Å². The zero-order valence-corrected chi connectivity index (χ0v) is 7.83. The van der Waals surface area contributed by atoms with Crippen LogP contribution in [0.25, 0.3) is 0 Å². The molecule has 0 bridgehead atoms. The number of aliphatic hydroxyl groups is 1. The quantitative estimate of drug-likeness (QED) is 0.562. The Morgan fingerprint density at radius 1 is 1.46 bits per heavy atom. The number of hydrogen-bond acceptors (Lipinski definition) is 3. The van der Waals surface area contributed by atoms with Crippen molar-refractivity contribution in [2.45, 2.75) is 31.7 Å². The second-order valence-corrected chi connectivity index (χ2v) is 3.61. The zero-order chi connectivity index (χ0) is 9.68. The van der Waals surface area contributed by atoms with Crippen LogP contribution < -0.4 is 11.1 Å². The number of rotatable bonds is 3. The molecule has 0 spiro atoms. The predicted molar refractivity (Wildman–Crippen MR) is 50.0 cm³/mol. The van der Waals surface area contributed by atoms with E-state index in [4.69, 9.17) is 10.8 Å². The normalized spacial score (nSPS) is 28.5. The van der Waals surface area contributed by atoms with E-state index in [1.54, 1.807) is 0 Å². The molecule has 1 amide bonds. The summed E-state index contributed by atoms with van der Waals surface area (Å²) in [5.41, 5.74) is 5.20. The monoisotopic (exact) mass is 186 g/mol. The summed E-state index contributed by atoms with van der Waals surface area (Å²) in [6.07, 6.45) is 4.26. The van der Waals surface area contributed by atoms with E-state index in [1.165, 1.54) is 0 Å². The molecule has 1 rings (SSSR count). The third-order valence-corrected chi connectivity index (χ3v) is 2.68. The van der Waals surface area contributed by atoms with E-state index in [1.807, 2.05) is 0 Å². The summed E-state index contributed by atoms with van der Waals surface area (Å²) in [4.78, 5) is 11.0. The standard InChI is InChI=1S/C9H18N2O2/c10-5-9(13)11-8-4-2-1-3-7(8)6-12/h7-8,12H,1-6,10H2,(H,11,13).